The number of carbonyl (C=O) groups is 2. The summed E-state index contributed by atoms with van der Waals surface area (Å²) < 4.78 is 6.82. The Morgan fingerprint density at radius 1 is 1.12 bits per heavy atom. The molecule has 1 aromatic carbocycles. The molecular weight excluding hydrogens is 322 g/mol. The molecule has 4 rings (SSSR count). The van der Waals surface area contributed by atoms with E-state index in [1.54, 1.807) is 21.7 Å². The van der Waals surface area contributed by atoms with Gasteiger partial charge < -0.3 is 14.4 Å². The van der Waals surface area contributed by atoms with Crippen LogP contribution in [-0.4, -0.2) is 38.2 Å². The van der Waals surface area contributed by atoms with Crippen molar-refractivity contribution in [3.63, 3.8) is 0 Å². The van der Waals surface area contributed by atoms with Gasteiger partial charge in [-0.2, -0.15) is 5.10 Å². The molecule has 3 aromatic rings. The van der Waals surface area contributed by atoms with Crippen molar-refractivity contribution in [2.45, 2.75) is 13.0 Å². The molecule has 7 nitrogen and oxygen atoms in total. The molecule has 0 saturated heterocycles. The maximum Gasteiger partial charge on any atom is 0.356 e. The summed E-state index contributed by atoms with van der Waals surface area (Å²) in [7, 11) is 0. The van der Waals surface area contributed by atoms with E-state index in [1.165, 1.54) is 6.26 Å². The summed E-state index contributed by atoms with van der Waals surface area (Å²) in [5, 5.41) is 13.8. The number of carboxylic acid groups (broad SMARTS) is 1. The number of aromatic carboxylic acids is 1. The Balaban J connectivity index is 1.73. The van der Waals surface area contributed by atoms with Gasteiger partial charge in [0.1, 0.15) is 0 Å². The minimum atomic E-state index is -1.10. The van der Waals surface area contributed by atoms with E-state index in [-0.39, 0.29) is 23.9 Å². The van der Waals surface area contributed by atoms with Gasteiger partial charge in [-0.3, -0.25) is 4.79 Å². The Kier molecular flexibility index (Phi) is 3.61. The third-order valence-electron chi connectivity index (χ3n) is 4.28. The predicted octanol–water partition coefficient (Wildman–Crippen LogP) is 2.36. The van der Waals surface area contributed by atoms with Crippen LogP contribution >= 0.6 is 0 Å². The van der Waals surface area contributed by atoms with E-state index >= 15 is 0 Å². The Bertz CT molecular complexity index is 929. The molecule has 0 atom stereocenters. The van der Waals surface area contributed by atoms with E-state index in [1.807, 2.05) is 30.3 Å². The van der Waals surface area contributed by atoms with Crippen LogP contribution in [0.15, 0.2) is 53.1 Å². The lowest BCUT2D eigenvalue weighted by atomic mass is 10.0. The number of aromatic nitrogens is 2. The average molecular weight is 337 g/mol. The molecule has 25 heavy (non-hydrogen) atoms. The zero-order valence-corrected chi connectivity index (χ0v) is 13.3. The number of rotatable bonds is 3. The highest BCUT2D eigenvalue weighted by atomic mass is 16.4. The summed E-state index contributed by atoms with van der Waals surface area (Å²) in [6, 6.07) is 12.6. The van der Waals surface area contributed by atoms with Gasteiger partial charge in [-0.15, -0.1) is 0 Å². The summed E-state index contributed by atoms with van der Waals surface area (Å²) in [5.41, 5.74) is 2.18. The molecule has 0 aliphatic carbocycles. The van der Waals surface area contributed by atoms with E-state index in [0.717, 1.165) is 11.4 Å². The lowest BCUT2D eigenvalue weighted by Crippen LogP contribution is -2.36. The van der Waals surface area contributed by atoms with Gasteiger partial charge in [0.15, 0.2) is 11.5 Å². The number of amides is 1. The molecule has 3 heterocycles. The van der Waals surface area contributed by atoms with Crippen molar-refractivity contribution >= 4 is 11.9 Å². The molecule has 0 bridgehead atoms. The van der Waals surface area contributed by atoms with E-state index in [9.17, 15) is 14.7 Å². The molecular formula is C18H15N3O4. The Morgan fingerprint density at radius 2 is 1.92 bits per heavy atom. The van der Waals surface area contributed by atoms with Gasteiger partial charge >= 0.3 is 5.97 Å². The van der Waals surface area contributed by atoms with Crippen LogP contribution in [0.25, 0.3) is 5.69 Å². The van der Waals surface area contributed by atoms with Crippen LogP contribution in [0, 0.1) is 0 Å². The van der Waals surface area contributed by atoms with Crippen LogP contribution in [0.3, 0.4) is 0 Å². The monoisotopic (exact) mass is 337 g/mol. The van der Waals surface area contributed by atoms with Crippen molar-refractivity contribution in [1.29, 1.82) is 0 Å². The first-order valence-corrected chi connectivity index (χ1v) is 7.87. The topological polar surface area (TPSA) is 88.6 Å². The van der Waals surface area contributed by atoms with Gasteiger partial charge in [0.05, 0.1) is 24.2 Å². The normalized spacial score (nSPS) is 13.5. The fourth-order valence-electron chi connectivity index (χ4n) is 3.10. The second-order valence-electron chi connectivity index (χ2n) is 5.78. The number of hydrogen-bond acceptors (Lipinski definition) is 4. The molecule has 0 saturated carbocycles. The lowest BCUT2D eigenvalue weighted by Gasteiger charge is -2.27. The van der Waals surface area contributed by atoms with E-state index in [0.29, 0.717) is 18.5 Å². The summed E-state index contributed by atoms with van der Waals surface area (Å²) >= 11 is 0. The quantitative estimate of drug-likeness (QED) is 0.792. The van der Waals surface area contributed by atoms with Gasteiger partial charge in [0.2, 0.25) is 0 Å². The first-order valence-electron chi connectivity index (χ1n) is 7.87. The molecule has 0 unspecified atom stereocenters. The minimum Gasteiger partial charge on any atom is -0.476 e. The number of para-hydroxylation sites is 1. The van der Waals surface area contributed by atoms with Crippen LogP contribution in [0.5, 0.6) is 0 Å². The highest BCUT2D eigenvalue weighted by Gasteiger charge is 2.31. The Labute approximate surface area is 143 Å². The van der Waals surface area contributed by atoms with Gasteiger partial charge in [0.25, 0.3) is 5.91 Å². The third kappa shape index (κ3) is 2.59. The maximum atomic E-state index is 12.5. The molecule has 1 amide bonds. The van der Waals surface area contributed by atoms with Crippen molar-refractivity contribution < 1.29 is 19.1 Å². The van der Waals surface area contributed by atoms with E-state index in [4.69, 9.17) is 4.42 Å². The average Bonchev–Trinajstić information content (AvgIpc) is 3.29. The lowest BCUT2D eigenvalue weighted by molar-refractivity contribution is 0.0665. The standard InChI is InChI=1S/C18H15N3O4/c22-17(15-7-4-10-25-15)20-9-8-14-13(11-20)16(18(23)24)19-21(14)12-5-2-1-3-6-12/h1-7,10H,8-9,11H2,(H,23,24). The van der Waals surface area contributed by atoms with Crippen LogP contribution in [0.1, 0.15) is 32.3 Å². The van der Waals surface area contributed by atoms with Gasteiger partial charge in [0, 0.05) is 18.5 Å². The molecule has 1 aliphatic rings. The second-order valence-corrected chi connectivity index (χ2v) is 5.78. The summed E-state index contributed by atoms with van der Waals surface area (Å²) in [5.74, 6) is -1.10. The molecule has 2 aromatic heterocycles. The van der Waals surface area contributed by atoms with Crippen molar-refractivity contribution in [1.82, 2.24) is 14.7 Å². The molecule has 0 fully saturated rings. The van der Waals surface area contributed by atoms with E-state index < -0.39 is 5.97 Å². The highest BCUT2D eigenvalue weighted by molar-refractivity contribution is 5.92. The molecule has 126 valence electrons. The van der Waals surface area contributed by atoms with Crippen molar-refractivity contribution in [3.8, 4) is 5.69 Å². The smallest absolute Gasteiger partial charge is 0.356 e. The van der Waals surface area contributed by atoms with Crippen LogP contribution in [0.4, 0.5) is 0 Å². The first-order chi connectivity index (χ1) is 12.1. The summed E-state index contributed by atoms with van der Waals surface area (Å²) in [4.78, 5) is 25.7. The van der Waals surface area contributed by atoms with Gasteiger partial charge in [-0.05, 0) is 24.3 Å². The molecule has 7 heteroatoms. The fraction of sp³-hybridized carbons (Fsp3) is 0.167. The number of furan rings is 1. The van der Waals surface area contributed by atoms with Crippen molar-refractivity contribution in [3.05, 3.63) is 71.4 Å². The first kappa shape index (κ1) is 15.2. The number of fused-ring (bicyclic) bond motifs is 1. The number of nitrogens with zero attached hydrogens (tertiary/aromatic N) is 3. The molecule has 1 N–H and O–H groups in total. The largest absolute Gasteiger partial charge is 0.476 e. The molecule has 1 aliphatic heterocycles. The van der Waals surface area contributed by atoms with Crippen LogP contribution in [0.2, 0.25) is 0 Å². The Hall–Kier alpha value is -3.35. The van der Waals surface area contributed by atoms with Gasteiger partial charge in [-0.1, -0.05) is 18.2 Å². The maximum absolute atomic E-state index is 12.5. The highest BCUT2D eigenvalue weighted by Crippen LogP contribution is 2.26. The Morgan fingerprint density at radius 3 is 2.60 bits per heavy atom. The fourth-order valence-corrected chi connectivity index (χ4v) is 3.10. The number of carbonyl (C=O) groups excluding carboxylic acids is 1. The van der Waals surface area contributed by atoms with Crippen LogP contribution < -0.4 is 0 Å². The van der Waals surface area contributed by atoms with E-state index in [2.05, 4.69) is 5.10 Å². The minimum absolute atomic E-state index is 0.0178. The zero-order chi connectivity index (χ0) is 17.4. The van der Waals surface area contributed by atoms with Gasteiger partial charge in [-0.25, -0.2) is 9.48 Å². The number of hydrogen-bond donors (Lipinski definition) is 1. The summed E-state index contributed by atoms with van der Waals surface area (Å²) in [6.45, 7) is 0.674. The zero-order valence-electron chi connectivity index (χ0n) is 13.3. The molecule has 0 spiro atoms. The molecule has 0 radical (unpaired) electrons. The third-order valence-corrected chi connectivity index (χ3v) is 4.28. The number of benzene rings is 1. The summed E-state index contributed by atoms with van der Waals surface area (Å²) in [6.07, 6.45) is 1.97. The van der Waals surface area contributed by atoms with Crippen molar-refractivity contribution in [2.75, 3.05) is 6.54 Å². The number of carboxylic acids is 1. The SMILES string of the molecule is O=C(O)c1nn(-c2ccccc2)c2c1CN(C(=O)c1ccco1)CC2. The van der Waals surface area contributed by atoms with Crippen LogP contribution in [-0.2, 0) is 13.0 Å². The predicted molar refractivity (Wildman–Crippen MR) is 87.7 cm³/mol. The van der Waals surface area contributed by atoms with Crippen molar-refractivity contribution in [2.24, 2.45) is 0 Å². The second kappa shape index (κ2) is 5.94.